The van der Waals surface area contributed by atoms with Gasteiger partial charge in [-0.1, -0.05) is 29.8 Å². The van der Waals surface area contributed by atoms with Crippen molar-refractivity contribution in [2.45, 2.75) is 44.9 Å². The Bertz CT molecular complexity index is 1290. The van der Waals surface area contributed by atoms with Gasteiger partial charge in [0.1, 0.15) is 12.8 Å². The average molecular weight is 502 g/mol. The lowest BCUT2D eigenvalue weighted by Gasteiger charge is -2.17. The van der Waals surface area contributed by atoms with Crippen LogP contribution < -0.4 is 26.0 Å². The predicted octanol–water partition coefficient (Wildman–Crippen LogP) is 2.52. The van der Waals surface area contributed by atoms with E-state index in [2.05, 4.69) is 10.3 Å². The van der Waals surface area contributed by atoms with Crippen LogP contribution in [0.1, 0.15) is 29.3 Å². The second kappa shape index (κ2) is 11.1. The largest absolute Gasteiger partial charge is 0.493 e. The number of H-pyrrole nitrogens is 1. The van der Waals surface area contributed by atoms with Crippen molar-refractivity contribution in [3.63, 3.8) is 0 Å². The lowest BCUT2D eigenvalue weighted by atomic mass is 10.1. The number of rotatable bonds is 9. The lowest BCUT2D eigenvalue weighted by molar-refractivity contribution is -0.0194. The Labute approximate surface area is 207 Å². The number of nitrogens with one attached hydrogen (secondary N) is 2. The summed E-state index contributed by atoms with van der Waals surface area (Å²) in [5, 5.41) is 14.4. The highest BCUT2D eigenvalue weighted by atomic mass is 35.5. The molecule has 1 aliphatic heterocycles. The molecule has 0 spiro atoms. The van der Waals surface area contributed by atoms with Gasteiger partial charge in [-0.05, 0) is 42.3 Å². The summed E-state index contributed by atoms with van der Waals surface area (Å²) < 4.78 is 18.6. The van der Waals surface area contributed by atoms with Gasteiger partial charge in [0.15, 0.2) is 11.5 Å². The molecule has 2 heterocycles. The number of halogens is 1. The Morgan fingerprint density at radius 3 is 2.80 bits per heavy atom. The van der Waals surface area contributed by atoms with Crippen LogP contribution in [0.2, 0.25) is 5.02 Å². The van der Waals surface area contributed by atoms with E-state index in [-0.39, 0.29) is 6.42 Å². The minimum atomic E-state index is -0.747. The first kappa shape index (κ1) is 25.0. The number of benzene rings is 2. The van der Waals surface area contributed by atoms with Gasteiger partial charge in [0.25, 0.3) is 5.56 Å². The molecule has 0 bridgehead atoms. The Hall–Kier alpha value is -3.11. The van der Waals surface area contributed by atoms with Gasteiger partial charge < -0.3 is 24.6 Å². The molecule has 0 unspecified atom stereocenters. The van der Waals surface area contributed by atoms with Crippen molar-refractivity contribution < 1.29 is 19.3 Å². The third-order valence-electron chi connectivity index (χ3n) is 5.85. The summed E-state index contributed by atoms with van der Waals surface area (Å²) in [6.07, 6.45) is -0.179. The van der Waals surface area contributed by atoms with Crippen molar-refractivity contribution in [1.82, 2.24) is 14.9 Å². The monoisotopic (exact) mass is 501 g/mol. The summed E-state index contributed by atoms with van der Waals surface area (Å²) in [6, 6.07) is 13.1. The van der Waals surface area contributed by atoms with E-state index >= 15 is 0 Å². The van der Waals surface area contributed by atoms with Crippen molar-refractivity contribution in [1.29, 1.82) is 0 Å². The van der Waals surface area contributed by atoms with Crippen molar-refractivity contribution in [3.05, 3.63) is 91.2 Å². The van der Waals surface area contributed by atoms with Crippen LogP contribution in [0.25, 0.3) is 0 Å². The zero-order valence-electron chi connectivity index (χ0n) is 19.5. The van der Waals surface area contributed by atoms with Crippen LogP contribution in [0.4, 0.5) is 0 Å². The van der Waals surface area contributed by atoms with E-state index in [1.54, 1.807) is 14.0 Å². The van der Waals surface area contributed by atoms with Crippen molar-refractivity contribution >= 4 is 11.6 Å². The van der Waals surface area contributed by atoms with Crippen LogP contribution >= 0.6 is 11.6 Å². The van der Waals surface area contributed by atoms with E-state index in [9.17, 15) is 14.7 Å². The summed E-state index contributed by atoms with van der Waals surface area (Å²) in [5.41, 5.74) is 1.33. The number of aliphatic hydroxyl groups excluding tert-OH is 1. The first-order valence-corrected chi connectivity index (χ1v) is 11.6. The molecule has 10 heteroatoms. The molecule has 1 aliphatic rings. The maximum Gasteiger partial charge on any atom is 0.330 e. The van der Waals surface area contributed by atoms with Gasteiger partial charge >= 0.3 is 5.69 Å². The van der Waals surface area contributed by atoms with Crippen molar-refractivity contribution in [2.75, 3.05) is 13.7 Å². The minimum Gasteiger partial charge on any atom is -0.493 e. The zero-order valence-corrected chi connectivity index (χ0v) is 20.2. The Kier molecular flexibility index (Phi) is 7.92. The molecule has 35 heavy (non-hydrogen) atoms. The van der Waals surface area contributed by atoms with Gasteiger partial charge in [0, 0.05) is 36.3 Å². The molecule has 3 N–H and O–H groups in total. The van der Waals surface area contributed by atoms with E-state index in [1.807, 2.05) is 42.5 Å². The molecule has 4 rings (SSSR count). The molecule has 0 saturated carbocycles. The number of hydrogen-bond donors (Lipinski definition) is 3. The molecule has 0 radical (unpaired) electrons. The third kappa shape index (κ3) is 6.12. The van der Waals surface area contributed by atoms with Crippen LogP contribution in [0.5, 0.6) is 11.5 Å². The van der Waals surface area contributed by atoms with Crippen LogP contribution in [-0.4, -0.2) is 40.5 Å². The molecule has 3 aromatic rings. The predicted molar refractivity (Wildman–Crippen MR) is 131 cm³/mol. The van der Waals surface area contributed by atoms with Gasteiger partial charge in [0.05, 0.1) is 19.3 Å². The van der Waals surface area contributed by atoms with Gasteiger partial charge in [-0.15, -0.1) is 0 Å². The van der Waals surface area contributed by atoms with Gasteiger partial charge in [-0.25, -0.2) is 4.79 Å². The summed E-state index contributed by atoms with van der Waals surface area (Å²) in [5.74, 6) is 1.23. The first-order chi connectivity index (χ1) is 16.8. The normalized spacial score (nSPS) is 19.6. The number of aryl methyl sites for hydroxylation is 1. The zero-order chi connectivity index (χ0) is 24.9. The van der Waals surface area contributed by atoms with Crippen LogP contribution in [0.3, 0.4) is 0 Å². The maximum atomic E-state index is 12.1. The summed E-state index contributed by atoms with van der Waals surface area (Å²) in [6.45, 7) is 2.87. The van der Waals surface area contributed by atoms with E-state index in [4.69, 9.17) is 25.8 Å². The third-order valence-corrected chi connectivity index (χ3v) is 6.08. The highest BCUT2D eigenvalue weighted by molar-refractivity contribution is 6.30. The minimum absolute atomic E-state index is 0.254. The molecule has 9 nitrogen and oxygen atoms in total. The summed E-state index contributed by atoms with van der Waals surface area (Å²) in [4.78, 5) is 26.0. The average Bonchev–Trinajstić information content (AvgIpc) is 3.20. The quantitative estimate of drug-likeness (QED) is 0.412. The number of hydrogen-bond acceptors (Lipinski definition) is 7. The highest BCUT2D eigenvalue weighted by Gasteiger charge is 2.35. The standard InChI is InChI=1S/C25H28ClN3O6/c1-15-13-29(25(32)28-24(15)31)23-10-19(30)22(35-23)12-27-11-16-6-7-20(21(9-16)33-2)34-14-17-4-3-5-18(26)8-17/h3-9,13,19,22-23,27,30H,10-12,14H2,1-2H3,(H,28,31,32)/t19-,22+,23+/m0/s1. The van der Waals surface area contributed by atoms with E-state index in [1.165, 1.54) is 10.8 Å². The van der Waals surface area contributed by atoms with E-state index < -0.39 is 29.7 Å². The molecule has 2 aromatic carbocycles. The Morgan fingerprint density at radius 1 is 1.20 bits per heavy atom. The van der Waals surface area contributed by atoms with Crippen LogP contribution in [-0.2, 0) is 17.9 Å². The fourth-order valence-corrected chi connectivity index (χ4v) is 4.17. The van der Waals surface area contributed by atoms with Crippen LogP contribution in [0.15, 0.2) is 58.3 Å². The van der Waals surface area contributed by atoms with Gasteiger partial charge in [-0.3, -0.25) is 14.3 Å². The summed E-state index contributed by atoms with van der Waals surface area (Å²) >= 11 is 6.03. The number of aromatic amines is 1. The second-order valence-corrected chi connectivity index (χ2v) is 8.88. The maximum absolute atomic E-state index is 12.1. The second-order valence-electron chi connectivity index (χ2n) is 8.45. The fourth-order valence-electron chi connectivity index (χ4n) is 3.96. The molecular weight excluding hydrogens is 474 g/mol. The molecule has 1 aromatic heterocycles. The van der Waals surface area contributed by atoms with Crippen molar-refractivity contribution in [2.24, 2.45) is 0 Å². The number of nitrogens with zero attached hydrogens (tertiary/aromatic N) is 1. The van der Waals surface area contributed by atoms with Gasteiger partial charge in [0.2, 0.25) is 0 Å². The highest BCUT2D eigenvalue weighted by Crippen LogP contribution is 2.30. The number of ether oxygens (including phenoxy) is 3. The smallest absolute Gasteiger partial charge is 0.330 e. The molecular formula is C25H28ClN3O6. The fraction of sp³-hybridized carbons (Fsp3) is 0.360. The Balaban J connectivity index is 1.32. The van der Waals surface area contributed by atoms with Crippen LogP contribution in [0, 0.1) is 6.92 Å². The van der Waals surface area contributed by atoms with E-state index in [0.717, 1.165) is 11.1 Å². The molecule has 0 amide bonds. The SMILES string of the molecule is COc1cc(CNC[C@H]2O[C@@H](n3cc(C)c(=O)[nH]c3=O)C[C@@H]2O)ccc1OCc1cccc(Cl)c1. The molecule has 1 fully saturated rings. The number of aliphatic hydroxyl groups is 1. The topological polar surface area (TPSA) is 115 Å². The molecule has 3 atom stereocenters. The number of methoxy groups -OCH3 is 1. The number of aromatic nitrogens is 2. The van der Waals surface area contributed by atoms with Gasteiger partial charge in [-0.2, -0.15) is 0 Å². The lowest BCUT2D eigenvalue weighted by Crippen LogP contribution is -2.35. The first-order valence-electron chi connectivity index (χ1n) is 11.2. The van der Waals surface area contributed by atoms with E-state index in [0.29, 0.717) is 41.8 Å². The van der Waals surface area contributed by atoms with Crippen molar-refractivity contribution in [3.8, 4) is 11.5 Å². The summed E-state index contributed by atoms with van der Waals surface area (Å²) in [7, 11) is 1.59. The molecule has 1 saturated heterocycles. The Morgan fingerprint density at radius 2 is 2.03 bits per heavy atom. The molecule has 186 valence electrons. The molecule has 0 aliphatic carbocycles.